The zero-order valence-corrected chi connectivity index (χ0v) is 11.6. The molecule has 0 saturated heterocycles. The quantitative estimate of drug-likeness (QED) is 0.897. The number of hydrogen-bond acceptors (Lipinski definition) is 5. The molecule has 2 heterocycles. The van der Waals surface area contributed by atoms with Gasteiger partial charge in [0.15, 0.2) is 5.82 Å². The van der Waals surface area contributed by atoms with E-state index in [0.717, 1.165) is 41.4 Å². The Hall–Kier alpha value is -1.33. The fourth-order valence-corrected chi connectivity index (χ4v) is 2.59. The van der Waals surface area contributed by atoms with Crippen molar-refractivity contribution in [3.63, 3.8) is 0 Å². The summed E-state index contributed by atoms with van der Waals surface area (Å²) in [6.07, 6.45) is 4.50. The van der Waals surface area contributed by atoms with E-state index in [1.54, 1.807) is 11.3 Å². The lowest BCUT2D eigenvalue weighted by atomic mass is 10.0. The molecule has 2 aromatic heterocycles. The van der Waals surface area contributed by atoms with Crippen LogP contribution in [0.5, 0.6) is 0 Å². The van der Waals surface area contributed by atoms with Gasteiger partial charge in [0, 0.05) is 17.6 Å². The van der Waals surface area contributed by atoms with Crippen LogP contribution in [-0.4, -0.2) is 21.5 Å². The average molecular weight is 262 g/mol. The minimum atomic E-state index is 0.642. The Morgan fingerprint density at radius 1 is 1.17 bits per heavy atom. The standard InChI is InChI=1S/C13H18N4S/c1-3-10-9(5-6-14)11(4-2)17-13(16-10)12-7-15-8-18-12/h7-8H,3-6,14H2,1-2H3. The third-order valence-corrected chi connectivity index (χ3v) is 3.66. The number of nitrogens with zero attached hydrogens (tertiary/aromatic N) is 3. The monoisotopic (exact) mass is 262 g/mol. The van der Waals surface area contributed by atoms with Crippen LogP contribution in [0.25, 0.3) is 10.7 Å². The topological polar surface area (TPSA) is 64.7 Å². The Morgan fingerprint density at radius 3 is 2.28 bits per heavy atom. The van der Waals surface area contributed by atoms with E-state index in [1.807, 2.05) is 11.7 Å². The molecular formula is C13H18N4S. The Morgan fingerprint density at radius 2 is 1.83 bits per heavy atom. The lowest BCUT2D eigenvalue weighted by Gasteiger charge is -2.12. The summed E-state index contributed by atoms with van der Waals surface area (Å²) in [5.41, 5.74) is 11.0. The molecule has 0 radical (unpaired) electrons. The highest BCUT2D eigenvalue weighted by Crippen LogP contribution is 2.23. The summed E-state index contributed by atoms with van der Waals surface area (Å²) in [7, 11) is 0. The van der Waals surface area contributed by atoms with E-state index in [-0.39, 0.29) is 0 Å². The molecule has 0 atom stereocenters. The third-order valence-electron chi connectivity index (χ3n) is 2.90. The molecule has 96 valence electrons. The highest BCUT2D eigenvalue weighted by molar-refractivity contribution is 7.13. The second-order valence-electron chi connectivity index (χ2n) is 4.03. The second-order valence-corrected chi connectivity index (χ2v) is 4.92. The number of aryl methyl sites for hydroxylation is 2. The maximum atomic E-state index is 5.68. The summed E-state index contributed by atoms with van der Waals surface area (Å²) in [6, 6.07) is 0. The summed E-state index contributed by atoms with van der Waals surface area (Å²) >= 11 is 1.57. The van der Waals surface area contributed by atoms with E-state index in [2.05, 4.69) is 28.8 Å². The molecule has 0 unspecified atom stereocenters. The molecule has 2 N–H and O–H groups in total. The van der Waals surface area contributed by atoms with E-state index in [9.17, 15) is 0 Å². The highest BCUT2D eigenvalue weighted by atomic mass is 32.1. The largest absolute Gasteiger partial charge is 0.330 e. The average Bonchev–Trinajstić information content (AvgIpc) is 2.93. The molecule has 0 spiro atoms. The molecule has 0 fully saturated rings. The molecule has 0 aliphatic rings. The smallest absolute Gasteiger partial charge is 0.171 e. The Balaban J connectivity index is 2.52. The van der Waals surface area contributed by atoms with Gasteiger partial charge in [-0.1, -0.05) is 13.8 Å². The zero-order chi connectivity index (χ0) is 13.0. The van der Waals surface area contributed by atoms with Crippen molar-refractivity contribution >= 4 is 11.3 Å². The van der Waals surface area contributed by atoms with Crippen molar-refractivity contribution in [2.75, 3.05) is 6.54 Å². The van der Waals surface area contributed by atoms with Gasteiger partial charge in [-0.2, -0.15) is 0 Å². The number of thiazole rings is 1. The van der Waals surface area contributed by atoms with Gasteiger partial charge in [0.2, 0.25) is 0 Å². The van der Waals surface area contributed by atoms with Crippen molar-refractivity contribution < 1.29 is 0 Å². The SMILES string of the molecule is CCc1nc(-c2cncs2)nc(CC)c1CCN. The summed E-state index contributed by atoms with van der Waals surface area (Å²) in [5, 5.41) is 0. The van der Waals surface area contributed by atoms with Gasteiger partial charge in [0.25, 0.3) is 0 Å². The van der Waals surface area contributed by atoms with Crippen molar-refractivity contribution in [3.05, 3.63) is 28.7 Å². The minimum absolute atomic E-state index is 0.642. The lowest BCUT2D eigenvalue weighted by Crippen LogP contribution is -2.12. The van der Waals surface area contributed by atoms with Gasteiger partial charge in [-0.15, -0.1) is 11.3 Å². The first-order valence-electron chi connectivity index (χ1n) is 6.27. The fourth-order valence-electron chi connectivity index (χ4n) is 2.04. The number of aromatic nitrogens is 3. The van der Waals surface area contributed by atoms with Crippen LogP contribution in [0.2, 0.25) is 0 Å². The van der Waals surface area contributed by atoms with Crippen molar-refractivity contribution in [2.45, 2.75) is 33.1 Å². The molecule has 0 bridgehead atoms. The van der Waals surface area contributed by atoms with Crippen molar-refractivity contribution in [3.8, 4) is 10.7 Å². The first-order valence-corrected chi connectivity index (χ1v) is 7.15. The van der Waals surface area contributed by atoms with Crippen LogP contribution in [0, 0.1) is 0 Å². The molecule has 4 nitrogen and oxygen atoms in total. The molecular weight excluding hydrogens is 244 g/mol. The molecule has 2 aromatic rings. The van der Waals surface area contributed by atoms with E-state index < -0.39 is 0 Å². The Bertz CT molecular complexity index is 483. The fraction of sp³-hybridized carbons (Fsp3) is 0.462. The summed E-state index contributed by atoms with van der Waals surface area (Å²) in [5.74, 6) is 0.798. The van der Waals surface area contributed by atoms with Crippen LogP contribution in [0.3, 0.4) is 0 Å². The Kier molecular flexibility index (Phi) is 4.38. The number of nitrogens with two attached hydrogens (primary N) is 1. The zero-order valence-electron chi connectivity index (χ0n) is 10.8. The molecule has 0 aliphatic carbocycles. The van der Waals surface area contributed by atoms with Crippen LogP contribution in [0.15, 0.2) is 11.7 Å². The highest BCUT2D eigenvalue weighted by Gasteiger charge is 2.13. The maximum Gasteiger partial charge on any atom is 0.171 e. The summed E-state index contributed by atoms with van der Waals surface area (Å²) < 4.78 is 0. The van der Waals surface area contributed by atoms with Gasteiger partial charge in [-0.3, -0.25) is 4.98 Å². The molecule has 5 heteroatoms. The van der Waals surface area contributed by atoms with Crippen molar-refractivity contribution in [2.24, 2.45) is 5.73 Å². The predicted octanol–water partition coefficient (Wildman–Crippen LogP) is 2.23. The first kappa shape index (κ1) is 13.1. The molecule has 18 heavy (non-hydrogen) atoms. The van der Waals surface area contributed by atoms with E-state index in [1.165, 1.54) is 5.56 Å². The van der Waals surface area contributed by atoms with Crippen LogP contribution < -0.4 is 5.73 Å². The van der Waals surface area contributed by atoms with E-state index in [0.29, 0.717) is 6.54 Å². The number of rotatable bonds is 5. The molecule has 2 rings (SSSR count). The maximum absolute atomic E-state index is 5.68. The molecule has 0 saturated carbocycles. The van der Waals surface area contributed by atoms with E-state index >= 15 is 0 Å². The van der Waals surface area contributed by atoms with Crippen LogP contribution in [0.1, 0.15) is 30.8 Å². The first-order chi connectivity index (χ1) is 8.80. The van der Waals surface area contributed by atoms with Crippen LogP contribution in [0.4, 0.5) is 0 Å². The minimum Gasteiger partial charge on any atom is -0.330 e. The summed E-state index contributed by atoms with van der Waals surface area (Å²) in [4.78, 5) is 14.4. The van der Waals surface area contributed by atoms with Gasteiger partial charge in [0.1, 0.15) is 0 Å². The normalized spacial score (nSPS) is 10.8. The van der Waals surface area contributed by atoms with Crippen molar-refractivity contribution in [1.82, 2.24) is 15.0 Å². The number of hydrogen-bond donors (Lipinski definition) is 1. The summed E-state index contributed by atoms with van der Waals surface area (Å²) in [6.45, 7) is 4.89. The molecule has 0 amide bonds. The van der Waals surface area contributed by atoms with Gasteiger partial charge in [-0.25, -0.2) is 9.97 Å². The Labute approximate surface area is 111 Å². The van der Waals surface area contributed by atoms with Crippen LogP contribution >= 0.6 is 11.3 Å². The molecule has 0 aromatic carbocycles. The third kappa shape index (κ3) is 2.57. The van der Waals surface area contributed by atoms with E-state index in [4.69, 9.17) is 5.73 Å². The van der Waals surface area contributed by atoms with Crippen LogP contribution in [-0.2, 0) is 19.3 Å². The van der Waals surface area contributed by atoms with Crippen molar-refractivity contribution in [1.29, 1.82) is 0 Å². The predicted molar refractivity (Wildman–Crippen MR) is 74.7 cm³/mol. The lowest BCUT2D eigenvalue weighted by molar-refractivity contribution is 0.845. The second kappa shape index (κ2) is 6.02. The van der Waals surface area contributed by atoms with Gasteiger partial charge >= 0.3 is 0 Å². The van der Waals surface area contributed by atoms with Gasteiger partial charge < -0.3 is 5.73 Å². The van der Waals surface area contributed by atoms with Gasteiger partial charge in [0.05, 0.1) is 10.4 Å². The van der Waals surface area contributed by atoms with Gasteiger partial charge in [-0.05, 0) is 31.4 Å². The molecule has 0 aliphatic heterocycles.